The van der Waals surface area contributed by atoms with Crippen molar-refractivity contribution >= 4 is 5.91 Å². The van der Waals surface area contributed by atoms with Crippen LogP contribution in [-0.2, 0) is 18.4 Å². The molecule has 0 saturated carbocycles. The average Bonchev–Trinajstić information content (AvgIpc) is 2.99. The van der Waals surface area contributed by atoms with Gasteiger partial charge in [0.15, 0.2) is 5.69 Å². The largest absolute Gasteiger partial charge is 0.334 e. The van der Waals surface area contributed by atoms with Gasteiger partial charge in [-0.05, 0) is 5.56 Å². The van der Waals surface area contributed by atoms with Crippen molar-refractivity contribution in [2.24, 2.45) is 7.05 Å². The van der Waals surface area contributed by atoms with Crippen LogP contribution in [-0.4, -0.2) is 22.3 Å². The fourth-order valence-electron chi connectivity index (χ4n) is 2.66. The van der Waals surface area contributed by atoms with Crippen molar-refractivity contribution in [3.63, 3.8) is 0 Å². The Morgan fingerprint density at radius 1 is 1.37 bits per heavy atom. The van der Waals surface area contributed by atoms with Gasteiger partial charge in [-0.2, -0.15) is 0 Å². The number of amides is 1. The molecule has 0 bridgehead atoms. The summed E-state index contributed by atoms with van der Waals surface area (Å²) in [7, 11) is 1.99. The van der Waals surface area contributed by atoms with E-state index in [2.05, 4.69) is 17.1 Å². The van der Waals surface area contributed by atoms with Crippen molar-refractivity contribution < 1.29 is 9.36 Å². The van der Waals surface area contributed by atoms with Gasteiger partial charge in [-0.25, -0.2) is 9.55 Å². The van der Waals surface area contributed by atoms with E-state index in [0.29, 0.717) is 18.9 Å². The third-order valence-electron chi connectivity index (χ3n) is 3.81. The van der Waals surface area contributed by atoms with Crippen molar-refractivity contribution in [2.45, 2.75) is 18.9 Å². The Labute approximate surface area is 112 Å². The molecule has 1 aromatic heterocycles. The Kier molecular flexibility index (Phi) is 3.07. The van der Waals surface area contributed by atoms with E-state index in [1.165, 1.54) is 5.56 Å². The van der Waals surface area contributed by atoms with Gasteiger partial charge >= 0.3 is 0 Å². The highest BCUT2D eigenvalue weighted by molar-refractivity contribution is 5.79. The van der Waals surface area contributed by atoms with E-state index in [1.807, 2.05) is 47.2 Å². The maximum atomic E-state index is 12.1. The Bertz CT molecular complexity index is 576. The van der Waals surface area contributed by atoms with Crippen LogP contribution in [0.25, 0.3) is 0 Å². The number of H-pyrrole nitrogens is 1. The molecular formula is C15H18N3O+. The van der Waals surface area contributed by atoms with Crippen molar-refractivity contribution in [1.82, 2.24) is 9.88 Å². The van der Waals surface area contributed by atoms with E-state index in [-0.39, 0.29) is 5.91 Å². The molecule has 3 rings (SSSR count). The number of benzene rings is 1. The summed E-state index contributed by atoms with van der Waals surface area (Å²) in [5.74, 6) is 0.577. The van der Waals surface area contributed by atoms with Gasteiger partial charge in [-0.1, -0.05) is 30.3 Å². The number of aromatic amines is 1. The van der Waals surface area contributed by atoms with E-state index in [1.54, 1.807) is 0 Å². The van der Waals surface area contributed by atoms with Crippen LogP contribution in [0.5, 0.6) is 0 Å². The molecule has 1 amide bonds. The maximum Gasteiger partial charge on any atom is 0.241 e. The Morgan fingerprint density at radius 2 is 2.16 bits per heavy atom. The molecule has 0 aliphatic carbocycles. The lowest BCUT2D eigenvalue weighted by atomic mass is 9.99. The van der Waals surface area contributed by atoms with E-state index < -0.39 is 0 Å². The summed E-state index contributed by atoms with van der Waals surface area (Å²) in [5, 5.41) is 0. The topological polar surface area (TPSA) is 40.0 Å². The highest BCUT2D eigenvalue weighted by Crippen LogP contribution is 2.28. The van der Waals surface area contributed by atoms with Crippen LogP contribution in [0.4, 0.5) is 0 Å². The van der Waals surface area contributed by atoms with Gasteiger partial charge in [-0.15, -0.1) is 0 Å². The molecule has 1 N–H and O–H groups in total. The summed E-state index contributed by atoms with van der Waals surface area (Å²) in [4.78, 5) is 17.1. The molecule has 0 spiro atoms. The Hall–Kier alpha value is -2.10. The molecule has 4 heteroatoms. The summed E-state index contributed by atoms with van der Waals surface area (Å²) in [6, 6.07) is 10.3. The first-order valence-electron chi connectivity index (χ1n) is 6.58. The SMILES string of the molecule is C[n+]1c[nH]cc1CN1CC(c2ccccc2)CC1=O. The molecule has 1 fully saturated rings. The number of carbonyl (C=O) groups is 1. The number of rotatable bonds is 3. The summed E-state index contributed by atoms with van der Waals surface area (Å²) in [6.07, 6.45) is 4.46. The number of hydrogen-bond donors (Lipinski definition) is 1. The molecule has 4 nitrogen and oxygen atoms in total. The molecule has 2 heterocycles. The lowest BCUT2D eigenvalue weighted by molar-refractivity contribution is -0.678. The zero-order valence-corrected chi connectivity index (χ0v) is 11.0. The number of nitrogens with zero attached hydrogens (tertiary/aromatic N) is 2. The third kappa shape index (κ3) is 2.38. The lowest BCUT2D eigenvalue weighted by Crippen LogP contribution is -2.35. The fourth-order valence-corrected chi connectivity index (χ4v) is 2.66. The maximum absolute atomic E-state index is 12.1. The fraction of sp³-hybridized carbons (Fsp3) is 0.333. The smallest absolute Gasteiger partial charge is 0.241 e. The Balaban J connectivity index is 1.72. The molecule has 2 aromatic rings. The van der Waals surface area contributed by atoms with Gasteiger partial charge in [0.1, 0.15) is 6.20 Å². The highest BCUT2D eigenvalue weighted by Gasteiger charge is 2.31. The van der Waals surface area contributed by atoms with Crippen molar-refractivity contribution in [2.75, 3.05) is 6.54 Å². The van der Waals surface area contributed by atoms with Gasteiger partial charge in [0.25, 0.3) is 0 Å². The van der Waals surface area contributed by atoms with Crippen LogP contribution >= 0.6 is 0 Å². The minimum Gasteiger partial charge on any atom is -0.334 e. The number of imidazole rings is 1. The number of hydrogen-bond acceptors (Lipinski definition) is 1. The average molecular weight is 256 g/mol. The zero-order valence-electron chi connectivity index (χ0n) is 11.0. The second-order valence-electron chi connectivity index (χ2n) is 5.13. The molecule has 19 heavy (non-hydrogen) atoms. The molecule has 1 saturated heterocycles. The Morgan fingerprint density at radius 3 is 2.84 bits per heavy atom. The van der Waals surface area contributed by atoms with Crippen molar-refractivity contribution in [3.8, 4) is 0 Å². The first-order chi connectivity index (χ1) is 9.24. The van der Waals surface area contributed by atoms with Gasteiger partial charge < -0.3 is 4.90 Å². The number of aryl methyl sites for hydroxylation is 1. The molecule has 1 unspecified atom stereocenters. The zero-order chi connectivity index (χ0) is 13.2. The van der Waals surface area contributed by atoms with E-state index in [4.69, 9.17) is 0 Å². The third-order valence-corrected chi connectivity index (χ3v) is 3.81. The number of aromatic nitrogens is 2. The van der Waals surface area contributed by atoms with Crippen LogP contribution in [0.3, 0.4) is 0 Å². The highest BCUT2D eigenvalue weighted by atomic mass is 16.2. The number of likely N-dealkylation sites (tertiary alicyclic amines) is 1. The van der Waals surface area contributed by atoms with Crippen molar-refractivity contribution in [3.05, 3.63) is 54.1 Å². The monoisotopic (exact) mass is 256 g/mol. The quantitative estimate of drug-likeness (QED) is 0.827. The summed E-state index contributed by atoms with van der Waals surface area (Å²) < 4.78 is 2.02. The predicted molar refractivity (Wildman–Crippen MR) is 71.2 cm³/mol. The van der Waals surface area contributed by atoms with Gasteiger partial charge in [-0.3, -0.25) is 4.79 Å². The van der Waals surface area contributed by atoms with Gasteiger partial charge in [0.2, 0.25) is 12.2 Å². The van der Waals surface area contributed by atoms with Crippen LogP contribution in [0.2, 0.25) is 0 Å². The number of carbonyl (C=O) groups excluding carboxylic acids is 1. The molecule has 1 aliphatic rings. The summed E-state index contributed by atoms with van der Waals surface area (Å²) in [5.41, 5.74) is 2.39. The molecule has 0 radical (unpaired) electrons. The normalized spacial score (nSPS) is 19.1. The molecule has 1 aromatic carbocycles. The van der Waals surface area contributed by atoms with Crippen LogP contribution in [0, 0.1) is 0 Å². The standard InChI is InChI=1S/C15H17N3O/c1-17-11-16-8-14(17)10-18-9-13(7-15(18)19)12-5-3-2-4-6-12/h2-6,8,11,13H,7,9-10H2,1H3/p+1. The lowest BCUT2D eigenvalue weighted by Gasteiger charge is -2.15. The first kappa shape index (κ1) is 12.0. The predicted octanol–water partition coefficient (Wildman–Crippen LogP) is 1.36. The second-order valence-corrected chi connectivity index (χ2v) is 5.13. The minimum absolute atomic E-state index is 0.245. The van der Waals surface area contributed by atoms with E-state index in [0.717, 1.165) is 12.2 Å². The molecule has 98 valence electrons. The molecule has 1 atom stereocenters. The van der Waals surface area contributed by atoms with Crippen LogP contribution < -0.4 is 4.57 Å². The van der Waals surface area contributed by atoms with Gasteiger partial charge in [0, 0.05) is 18.9 Å². The minimum atomic E-state index is 0.245. The van der Waals surface area contributed by atoms with E-state index in [9.17, 15) is 4.79 Å². The second kappa shape index (κ2) is 4.88. The molecular weight excluding hydrogens is 238 g/mol. The van der Waals surface area contributed by atoms with Crippen LogP contribution in [0.1, 0.15) is 23.6 Å². The molecule has 1 aliphatic heterocycles. The number of nitrogens with one attached hydrogen (secondary N) is 1. The van der Waals surface area contributed by atoms with Crippen molar-refractivity contribution in [1.29, 1.82) is 0 Å². The van der Waals surface area contributed by atoms with E-state index >= 15 is 0 Å². The van der Waals surface area contributed by atoms with Gasteiger partial charge in [0.05, 0.1) is 13.6 Å². The first-order valence-corrected chi connectivity index (χ1v) is 6.58. The van der Waals surface area contributed by atoms with Crippen LogP contribution in [0.15, 0.2) is 42.9 Å². The summed E-state index contributed by atoms with van der Waals surface area (Å²) >= 11 is 0. The summed E-state index contributed by atoms with van der Waals surface area (Å²) in [6.45, 7) is 1.50.